The summed E-state index contributed by atoms with van der Waals surface area (Å²) in [5, 5.41) is 37.0. The molecular weight excluding hydrogens is 540 g/mol. The van der Waals surface area contributed by atoms with Crippen LogP contribution in [0.5, 0.6) is 0 Å². The molecule has 11 nitrogen and oxygen atoms in total. The average molecular weight is 579 g/mol. The molecule has 3 fully saturated rings. The van der Waals surface area contributed by atoms with E-state index in [2.05, 4.69) is 26.5 Å². The van der Waals surface area contributed by atoms with Crippen molar-refractivity contribution in [1.82, 2.24) is 25.3 Å². The number of nitrogens with one attached hydrogen (secondary N) is 2. The van der Waals surface area contributed by atoms with E-state index in [4.69, 9.17) is 5.26 Å². The number of aliphatic hydroxyl groups is 1. The fourth-order valence-electron chi connectivity index (χ4n) is 5.77. The molecule has 0 bridgehead atoms. The maximum Gasteiger partial charge on any atom is 0.353 e. The monoisotopic (exact) mass is 578 g/mol. The second kappa shape index (κ2) is 13.5. The van der Waals surface area contributed by atoms with Gasteiger partial charge >= 0.3 is 5.97 Å². The van der Waals surface area contributed by atoms with E-state index in [0.717, 1.165) is 56.3 Å². The molecule has 0 aromatic carbocycles. The Morgan fingerprint density at radius 1 is 1.28 bits per heavy atom. The maximum absolute atomic E-state index is 12.5. The minimum absolute atomic E-state index is 0.0760. The number of fused-ring (bicyclic) bond motifs is 1. The Kier molecular flexibility index (Phi) is 10.4. The molecule has 3 saturated heterocycles. The van der Waals surface area contributed by atoms with E-state index in [9.17, 15) is 24.6 Å². The van der Waals surface area contributed by atoms with Gasteiger partial charge in [0.1, 0.15) is 5.70 Å². The number of nitrogens with zero attached hydrogens (tertiary/aromatic N) is 4. The predicted octanol–water partition coefficient (Wildman–Crippen LogP) is 0.456. The molecule has 0 saturated carbocycles. The third-order valence-corrected chi connectivity index (χ3v) is 10.3. The third-order valence-electron chi connectivity index (χ3n) is 7.88. The first kappa shape index (κ1) is 29.9. The van der Waals surface area contributed by atoms with E-state index < -0.39 is 18.0 Å². The van der Waals surface area contributed by atoms with Gasteiger partial charge in [-0.1, -0.05) is 6.92 Å². The molecule has 0 aliphatic carbocycles. The number of amides is 2. The molecule has 4 aliphatic heterocycles. The average Bonchev–Trinajstić information content (AvgIpc) is 3.45. The Bertz CT molecular complexity index is 1040. The number of nitriles is 1. The lowest BCUT2D eigenvalue weighted by molar-refractivity contribution is -0.163. The fraction of sp³-hybridized carbons (Fsp3) is 0.692. The van der Waals surface area contributed by atoms with Gasteiger partial charge in [0, 0.05) is 79.6 Å². The smallest absolute Gasteiger partial charge is 0.353 e. The lowest BCUT2D eigenvalue weighted by Crippen LogP contribution is -2.63. The van der Waals surface area contributed by atoms with Gasteiger partial charge in [-0.15, -0.1) is 23.5 Å². The van der Waals surface area contributed by atoms with Gasteiger partial charge in [0.25, 0.3) is 0 Å². The number of aliphatic hydroxyl groups excluding tert-OH is 1. The number of carboxylic acids is 1. The second-order valence-corrected chi connectivity index (χ2v) is 12.8. The van der Waals surface area contributed by atoms with Crippen molar-refractivity contribution in [2.24, 2.45) is 11.8 Å². The van der Waals surface area contributed by atoms with Gasteiger partial charge in [-0.3, -0.25) is 19.4 Å². The Balaban J connectivity index is 1.16. The molecule has 214 valence electrons. The quantitative estimate of drug-likeness (QED) is 0.189. The predicted molar refractivity (Wildman–Crippen MR) is 150 cm³/mol. The molecule has 0 aromatic rings. The van der Waals surface area contributed by atoms with Crippen molar-refractivity contribution in [1.29, 1.82) is 5.26 Å². The van der Waals surface area contributed by atoms with Crippen LogP contribution in [0.2, 0.25) is 0 Å². The van der Waals surface area contributed by atoms with Crippen LogP contribution >= 0.6 is 23.5 Å². The van der Waals surface area contributed by atoms with Crippen molar-refractivity contribution >= 4 is 41.3 Å². The van der Waals surface area contributed by atoms with Gasteiger partial charge < -0.3 is 25.7 Å². The number of carbonyl (C=O) groups excluding carboxylic acids is 2. The summed E-state index contributed by atoms with van der Waals surface area (Å²) in [6.45, 7) is 9.14. The van der Waals surface area contributed by atoms with Gasteiger partial charge in [-0.05, 0) is 18.8 Å². The van der Waals surface area contributed by atoms with Crippen LogP contribution in [0.4, 0.5) is 0 Å². The number of aliphatic carboxylic acids is 1. The Morgan fingerprint density at radius 2 is 2.00 bits per heavy atom. The summed E-state index contributed by atoms with van der Waals surface area (Å²) in [7, 11) is 0. The van der Waals surface area contributed by atoms with Crippen LogP contribution in [0.25, 0.3) is 0 Å². The van der Waals surface area contributed by atoms with Crippen LogP contribution in [-0.4, -0.2) is 118 Å². The molecule has 6 atom stereocenters. The number of β-lactam (4-membered cyclic amide) rings is 1. The summed E-state index contributed by atoms with van der Waals surface area (Å²) in [4.78, 5) is 43.3. The zero-order chi connectivity index (χ0) is 28.1. The number of rotatable bonds is 12. The van der Waals surface area contributed by atoms with Crippen molar-refractivity contribution in [2.75, 3.05) is 51.7 Å². The molecule has 0 spiro atoms. The van der Waals surface area contributed by atoms with Gasteiger partial charge in [0.05, 0.1) is 30.8 Å². The van der Waals surface area contributed by atoms with Crippen molar-refractivity contribution < 1.29 is 24.6 Å². The van der Waals surface area contributed by atoms with Crippen molar-refractivity contribution in [3.8, 4) is 6.07 Å². The van der Waals surface area contributed by atoms with Crippen LogP contribution in [0.1, 0.15) is 26.7 Å². The van der Waals surface area contributed by atoms with Crippen molar-refractivity contribution in [2.45, 2.75) is 50.1 Å². The second-order valence-electron chi connectivity index (χ2n) is 10.6. The Hall–Kier alpha value is -2.08. The lowest BCUT2D eigenvalue weighted by Gasteiger charge is -2.46. The van der Waals surface area contributed by atoms with Crippen LogP contribution in [-0.2, 0) is 14.4 Å². The molecule has 0 radical (unpaired) electrons. The summed E-state index contributed by atoms with van der Waals surface area (Å²) in [6.07, 6.45) is 2.16. The molecule has 1 unspecified atom stereocenters. The van der Waals surface area contributed by atoms with E-state index in [-0.39, 0.29) is 40.8 Å². The molecule has 13 heteroatoms. The highest BCUT2D eigenvalue weighted by Gasteiger charge is 2.60. The molecule has 39 heavy (non-hydrogen) atoms. The minimum atomic E-state index is -1.09. The summed E-state index contributed by atoms with van der Waals surface area (Å²) in [5.74, 6) is -1.40. The Morgan fingerprint density at radius 3 is 2.67 bits per heavy atom. The summed E-state index contributed by atoms with van der Waals surface area (Å²) < 4.78 is 0. The number of thioether (sulfide) groups is 2. The summed E-state index contributed by atoms with van der Waals surface area (Å²) in [6, 6.07) is 2.13. The van der Waals surface area contributed by atoms with Gasteiger partial charge in [0.2, 0.25) is 11.8 Å². The third kappa shape index (κ3) is 6.99. The first-order chi connectivity index (χ1) is 18.7. The molecule has 0 aromatic heterocycles. The lowest BCUT2D eigenvalue weighted by atomic mass is 9.79. The van der Waals surface area contributed by atoms with Crippen molar-refractivity contribution in [3.63, 3.8) is 0 Å². The van der Waals surface area contributed by atoms with Gasteiger partial charge in [-0.25, -0.2) is 4.79 Å². The standard InChI is InChI=1S/C26H38N6O5S2/c1-16-22-21(17(2)33)25(35)32(22)23(26(36)37)24(16)39-19-12-18(28-13-19)14-38-11-4-20(34)29-15-31-9-7-30(8-10-31)6-3-5-27/h4,11,16-19,21-22,28,33H,3,6-10,12-15H2,1-2H3,(H,29,34)(H,36,37)/b11-4+/t16-,17-,18+,19+,21-,22?/m1/s1. The Labute approximate surface area is 238 Å². The van der Waals surface area contributed by atoms with E-state index in [1.165, 1.54) is 4.90 Å². The highest BCUT2D eigenvalue weighted by atomic mass is 32.2. The molecule has 4 rings (SSSR count). The number of carboxylic acid groups (broad SMARTS) is 1. The first-order valence-electron chi connectivity index (χ1n) is 13.5. The first-order valence-corrected chi connectivity index (χ1v) is 15.4. The SMILES string of the molecule is C[C@H]1C(S[C@@H]2CN[C@H](CS/C=C/C(=O)NCN3CCN(CCC#N)CC3)C2)=C(C(=O)O)N2C(=O)[C@H]([C@@H](C)O)C12. The number of hydrogen-bond donors (Lipinski definition) is 4. The summed E-state index contributed by atoms with van der Waals surface area (Å²) in [5.41, 5.74) is 0.0760. The number of carbonyl (C=O) groups is 3. The number of piperazine rings is 1. The van der Waals surface area contributed by atoms with Gasteiger partial charge in [0.15, 0.2) is 0 Å². The molecule has 2 amide bonds. The number of hydrogen-bond acceptors (Lipinski definition) is 10. The van der Waals surface area contributed by atoms with Gasteiger partial charge in [-0.2, -0.15) is 5.26 Å². The van der Waals surface area contributed by atoms with E-state index in [1.54, 1.807) is 36.5 Å². The van der Waals surface area contributed by atoms with Crippen LogP contribution < -0.4 is 10.6 Å². The van der Waals surface area contributed by atoms with Crippen LogP contribution in [0.3, 0.4) is 0 Å². The van der Waals surface area contributed by atoms with Crippen molar-refractivity contribution in [3.05, 3.63) is 22.1 Å². The highest BCUT2D eigenvalue weighted by molar-refractivity contribution is 8.03. The van der Waals surface area contributed by atoms with E-state index >= 15 is 0 Å². The zero-order valence-corrected chi connectivity index (χ0v) is 24.0. The van der Waals surface area contributed by atoms with Crippen LogP contribution in [0, 0.1) is 23.2 Å². The zero-order valence-electron chi connectivity index (χ0n) is 22.4. The molecule has 4 N–H and O–H groups in total. The highest BCUT2D eigenvalue weighted by Crippen LogP contribution is 2.51. The van der Waals surface area contributed by atoms with E-state index in [0.29, 0.717) is 13.1 Å². The normalized spacial score (nSPS) is 30.4. The molecule has 4 aliphatic rings. The topological polar surface area (TPSA) is 149 Å². The van der Waals surface area contributed by atoms with E-state index in [1.807, 2.05) is 12.3 Å². The molecular formula is C26H38N6O5S2. The maximum atomic E-state index is 12.5. The van der Waals surface area contributed by atoms with Crippen LogP contribution in [0.15, 0.2) is 22.1 Å². The molecule has 4 heterocycles. The minimum Gasteiger partial charge on any atom is -0.477 e. The summed E-state index contributed by atoms with van der Waals surface area (Å²) >= 11 is 3.11. The fourth-order valence-corrected chi connectivity index (χ4v) is 8.10. The largest absolute Gasteiger partial charge is 0.477 e.